The van der Waals surface area contributed by atoms with E-state index in [2.05, 4.69) is 6.92 Å². The van der Waals surface area contributed by atoms with Gasteiger partial charge in [0.25, 0.3) is 0 Å². The number of hydrogen-bond donors (Lipinski definition) is 3. The molecule has 0 aliphatic rings. The molecule has 0 aromatic rings. The van der Waals surface area contributed by atoms with Crippen molar-refractivity contribution in [2.24, 2.45) is 0 Å². The van der Waals surface area contributed by atoms with Gasteiger partial charge in [-0.25, -0.2) is 0 Å². The van der Waals surface area contributed by atoms with Gasteiger partial charge in [-0.1, -0.05) is 58.3 Å². The maximum Gasteiger partial charge on any atom is 1.00 e. The molecule has 178 valence electrons. The van der Waals surface area contributed by atoms with Crippen LogP contribution in [0.25, 0.3) is 0 Å². The molecule has 0 fully saturated rings. The quantitative estimate of drug-likeness (QED) is 0.166. The molecule has 0 saturated heterocycles. The minimum atomic E-state index is -0.941. The minimum absolute atomic E-state index is 0. The standard InChI is InChI=1S/C22H42N2O6.Na.H/c1-2-3-4-5-6-7-8-9-10-11-20(26)24(18-19-25)17-16-23(14-12-21(27)28)15-13-22(29)30;;/h25H,2-19H2,1H3,(H,27,28)(H,29,30);;/q;+1;-1. The van der Waals surface area contributed by atoms with Crippen LogP contribution in [0.1, 0.15) is 85.4 Å². The molecular weight excluding hydrogens is 411 g/mol. The molecule has 0 aromatic carbocycles. The van der Waals surface area contributed by atoms with Crippen LogP contribution in [0, 0.1) is 0 Å². The summed E-state index contributed by atoms with van der Waals surface area (Å²) < 4.78 is 0. The number of carboxylic acid groups (broad SMARTS) is 2. The Morgan fingerprint density at radius 1 is 0.677 bits per heavy atom. The normalized spacial score (nSPS) is 10.7. The van der Waals surface area contributed by atoms with E-state index in [9.17, 15) is 19.5 Å². The Balaban J connectivity index is -0.00000420. The second-order valence-electron chi connectivity index (χ2n) is 7.81. The number of aliphatic hydroxyl groups is 1. The number of carboxylic acids is 2. The van der Waals surface area contributed by atoms with Crippen LogP contribution in [-0.4, -0.2) is 82.3 Å². The summed E-state index contributed by atoms with van der Waals surface area (Å²) >= 11 is 0. The third-order valence-corrected chi connectivity index (χ3v) is 5.19. The molecule has 0 bridgehead atoms. The molecule has 0 atom stereocenters. The van der Waals surface area contributed by atoms with Crippen LogP contribution in [0.2, 0.25) is 0 Å². The van der Waals surface area contributed by atoms with Gasteiger partial charge in [-0.05, 0) is 6.42 Å². The van der Waals surface area contributed by atoms with Crippen molar-refractivity contribution in [3.05, 3.63) is 0 Å². The van der Waals surface area contributed by atoms with Crippen LogP contribution in [-0.2, 0) is 14.4 Å². The van der Waals surface area contributed by atoms with Gasteiger partial charge in [-0.15, -0.1) is 0 Å². The van der Waals surface area contributed by atoms with Gasteiger partial charge >= 0.3 is 41.5 Å². The molecule has 0 aliphatic carbocycles. The third-order valence-electron chi connectivity index (χ3n) is 5.19. The molecule has 0 radical (unpaired) electrons. The number of amides is 1. The van der Waals surface area contributed by atoms with Crippen molar-refractivity contribution < 1.29 is 60.7 Å². The van der Waals surface area contributed by atoms with Gasteiger partial charge < -0.3 is 26.5 Å². The number of aliphatic hydroxyl groups excluding tert-OH is 1. The third kappa shape index (κ3) is 21.0. The molecule has 0 saturated carbocycles. The number of carbonyl (C=O) groups excluding carboxylic acids is 1. The van der Waals surface area contributed by atoms with E-state index in [0.717, 1.165) is 19.3 Å². The van der Waals surface area contributed by atoms with Gasteiger partial charge in [-0.2, -0.15) is 0 Å². The Hall–Kier alpha value is -0.670. The summed E-state index contributed by atoms with van der Waals surface area (Å²) in [5, 5.41) is 27.0. The van der Waals surface area contributed by atoms with E-state index < -0.39 is 11.9 Å². The van der Waals surface area contributed by atoms with Crippen LogP contribution < -0.4 is 29.6 Å². The molecule has 9 heteroatoms. The summed E-state index contributed by atoms with van der Waals surface area (Å²) in [5.74, 6) is -1.89. The Kier molecular flexibility index (Phi) is 23.6. The molecule has 3 N–H and O–H groups in total. The maximum absolute atomic E-state index is 12.5. The summed E-state index contributed by atoms with van der Waals surface area (Å²) in [5.41, 5.74) is 0. The van der Waals surface area contributed by atoms with E-state index in [1.807, 2.05) is 0 Å². The number of hydrogen-bond acceptors (Lipinski definition) is 5. The second-order valence-corrected chi connectivity index (χ2v) is 7.81. The fourth-order valence-electron chi connectivity index (χ4n) is 3.33. The van der Waals surface area contributed by atoms with Crippen LogP contribution in [0.5, 0.6) is 0 Å². The first kappa shape index (κ1) is 32.5. The fourth-order valence-corrected chi connectivity index (χ4v) is 3.33. The first-order valence-corrected chi connectivity index (χ1v) is 11.4. The van der Waals surface area contributed by atoms with Crippen molar-refractivity contribution in [3.63, 3.8) is 0 Å². The number of aliphatic carboxylic acids is 2. The molecule has 0 aliphatic heterocycles. The van der Waals surface area contributed by atoms with Crippen molar-refractivity contribution in [1.29, 1.82) is 0 Å². The predicted octanol–water partition coefficient (Wildman–Crippen LogP) is 0.0961. The first-order valence-electron chi connectivity index (χ1n) is 11.4. The average Bonchev–Trinajstić information content (AvgIpc) is 2.70. The smallest absolute Gasteiger partial charge is 1.00 e. The molecule has 31 heavy (non-hydrogen) atoms. The number of nitrogens with zero attached hydrogens (tertiary/aromatic N) is 2. The average molecular weight is 455 g/mol. The number of carbonyl (C=O) groups is 3. The zero-order chi connectivity index (χ0) is 22.6. The van der Waals surface area contributed by atoms with E-state index in [0.29, 0.717) is 19.5 Å². The molecule has 0 rings (SSSR count). The summed E-state index contributed by atoms with van der Waals surface area (Å²) in [6.07, 6.45) is 10.9. The van der Waals surface area contributed by atoms with Crippen LogP contribution in [0.3, 0.4) is 0 Å². The molecule has 1 amide bonds. The number of unbranched alkanes of at least 4 members (excludes halogenated alkanes) is 8. The van der Waals surface area contributed by atoms with Crippen molar-refractivity contribution in [1.82, 2.24) is 9.80 Å². The Morgan fingerprint density at radius 2 is 1.16 bits per heavy atom. The molecule has 0 unspecified atom stereocenters. The van der Waals surface area contributed by atoms with E-state index in [1.165, 1.54) is 38.5 Å². The summed E-state index contributed by atoms with van der Waals surface area (Å²) in [6, 6.07) is 0. The van der Waals surface area contributed by atoms with Crippen LogP contribution in [0.15, 0.2) is 0 Å². The van der Waals surface area contributed by atoms with Gasteiger partial charge in [0, 0.05) is 39.1 Å². The van der Waals surface area contributed by atoms with Crippen LogP contribution in [0.4, 0.5) is 0 Å². The minimum Gasteiger partial charge on any atom is -1.00 e. The number of rotatable bonds is 21. The van der Waals surface area contributed by atoms with Gasteiger partial charge in [0.15, 0.2) is 0 Å². The second kappa shape index (κ2) is 22.5. The van der Waals surface area contributed by atoms with E-state index in [1.54, 1.807) is 9.80 Å². The maximum atomic E-state index is 12.5. The molecule has 0 heterocycles. The van der Waals surface area contributed by atoms with Crippen molar-refractivity contribution in [2.75, 3.05) is 39.3 Å². The van der Waals surface area contributed by atoms with Crippen molar-refractivity contribution >= 4 is 17.8 Å². The van der Waals surface area contributed by atoms with E-state index >= 15 is 0 Å². The monoisotopic (exact) mass is 454 g/mol. The summed E-state index contributed by atoms with van der Waals surface area (Å²) in [7, 11) is 0. The molecule has 8 nitrogen and oxygen atoms in total. The summed E-state index contributed by atoms with van der Waals surface area (Å²) in [6.45, 7) is 3.54. The van der Waals surface area contributed by atoms with Gasteiger partial charge in [-0.3, -0.25) is 14.4 Å². The Labute approximate surface area is 211 Å². The van der Waals surface area contributed by atoms with Gasteiger partial charge in [0.1, 0.15) is 0 Å². The first-order chi connectivity index (χ1) is 14.4. The van der Waals surface area contributed by atoms with Crippen molar-refractivity contribution in [2.45, 2.75) is 84.0 Å². The Morgan fingerprint density at radius 3 is 1.61 bits per heavy atom. The van der Waals surface area contributed by atoms with Crippen molar-refractivity contribution in [3.8, 4) is 0 Å². The predicted molar refractivity (Wildman–Crippen MR) is 118 cm³/mol. The van der Waals surface area contributed by atoms with Gasteiger partial charge in [0.2, 0.25) is 5.91 Å². The largest absolute Gasteiger partial charge is 1.00 e. The van der Waals surface area contributed by atoms with Crippen LogP contribution >= 0.6 is 0 Å². The van der Waals surface area contributed by atoms with Gasteiger partial charge in [0.05, 0.1) is 19.4 Å². The SMILES string of the molecule is CCCCCCCCCCCC(=O)N(CCO)CCN(CCC(=O)O)CCC(=O)O.[H-].[Na+]. The summed E-state index contributed by atoms with van der Waals surface area (Å²) in [4.78, 5) is 37.5. The fraction of sp³-hybridized carbons (Fsp3) is 0.864. The zero-order valence-electron chi connectivity index (χ0n) is 20.7. The zero-order valence-corrected chi connectivity index (χ0v) is 21.7. The van der Waals surface area contributed by atoms with E-state index in [-0.39, 0.29) is 76.0 Å². The molecule has 0 spiro atoms. The molecular formula is C22H43N2NaO6. The molecule has 0 aromatic heterocycles. The topological polar surface area (TPSA) is 118 Å². The Bertz CT molecular complexity index is 467. The van der Waals surface area contributed by atoms with E-state index in [4.69, 9.17) is 10.2 Å².